The highest BCUT2D eigenvalue weighted by molar-refractivity contribution is 6.12. The average molecular weight is 349 g/mol. The summed E-state index contributed by atoms with van der Waals surface area (Å²) in [6.07, 6.45) is 1.72. The van der Waals surface area contributed by atoms with Crippen LogP contribution in [0.15, 0.2) is 41.2 Å². The molecule has 3 rings (SSSR count). The van der Waals surface area contributed by atoms with Crippen molar-refractivity contribution >= 4 is 11.7 Å². The zero-order valence-electron chi connectivity index (χ0n) is 14.5. The van der Waals surface area contributed by atoms with Gasteiger partial charge in [-0.25, -0.2) is 0 Å². The fraction of sp³-hybridized carbons (Fsp3) is 0.300. The molecule has 0 aliphatic carbocycles. The van der Waals surface area contributed by atoms with Crippen LogP contribution in [0.25, 0.3) is 11.1 Å². The number of H-pyrrole nitrogens is 1. The monoisotopic (exact) mass is 349 g/mol. The Labute approximate surface area is 151 Å². The molecule has 2 heterocycles. The normalized spacial score (nSPS) is 14.7. The molecule has 1 fully saturated rings. The van der Waals surface area contributed by atoms with Crippen molar-refractivity contribution in [3.05, 3.63) is 58.0 Å². The first kappa shape index (κ1) is 17.6. The third-order valence-electron chi connectivity index (χ3n) is 4.64. The van der Waals surface area contributed by atoms with Gasteiger partial charge in [-0.2, -0.15) is 5.26 Å². The average Bonchev–Trinajstić information content (AvgIpc) is 3.17. The minimum absolute atomic E-state index is 0.159. The summed E-state index contributed by atoms with van der Waals surface area (Å²) in [5.74, 6) is -2.75. The van der Waals surface area contributed by atoms with E-state index in [0.717, 1.165) is 18.4 Å². The van der Waals surface area contributed by atoms with Crippen LogP contribution in [0, 0.1) is 24.2 Å². The van der Waals surface area contributed by atoms with Crippen LogP contribution in [0.3, 0.4) is 0 Å². The summed E-state index contributed by atoms with van der Waals surface area (Å²) in [7, 11) is 0. The molecule has 6 nitrogen and oxygen atoms in total. The van der Waals surface area contributed by atoms with Crippen LogP contribution < -0.4 is 5.56 Å². The standard InChI is InChI=1S/C20H19N3O3/c1-13-15(14-7-3-2-4-8-14)11-16(19(25)22-13)18(24)17(12-21)20(26)23-9-5-6-10-23/h2-4,7-8,11,17H,5-6,9-10H2,1H3,(H,22,25). The summed E-state index contributed by atoms with van der Waals surface area (Å²) in [5, 5.41) is 9.39. The lowest BCUT2D eigenvalue weighted by Crippen LogP contribution is -2.38. The van der Waals surface area contributed by atoms with E-state index >= 15 is 0 Å². The number of likely N-dealkylation sites (tertiary alicyclic amines) is 1. The second-order valence-corrected chi connectivity index (χ2v) is 6.38. The van der Waals surface area contributed by atoms with Gasteiger partial charge in [0.2, 0.25) is 5.91 Å². The number of nitriles is 1. The maximum absolute atomic E-state index is 12.8. The fourth-order valence-electron chi connectivity index (χ4n) is 3.23. The third-order valence-corrected chi connectivity index (χ3v) is 4.64. The van der Waals surface area contributed by atoms with Gasteiger partial charge in [0.15, 0.2) is 11.7 Å². The number of pyridine rings is 1. The van der Waals surface area contributed by atoms with Gasteiger partial charge in [-0.3, -0.25) is 14.4 Å². The van der Waals surface area contributed by atoms with E-state index in [1.807, 2.05) is 30.3 Å². The van der Waals surface area contributed by atoms with E-state index in [-0.39, 0.29) is 5.56 Å². The van der Waals surface area contributed by atoms with Crippen molar-refractivity contribution in [3.63, 3.8) is 0 Å². The largest absolute Gasteiger partial charge is 0.341 e. The molecule has 1 saturated heterocycles. The quantitative estimate of drug-likeness (QED) is 0.677. The smallest absolute Gasteiger partial charge is 0.259 e. The molecule has 1 aliphatic rings. The molecule has 1 aliphatic heterocycles. The Hall–Kier alpha value is -3.20. The number of benzene rings is 1. The molecule has 0 radical (unpaired) electrons. The fourth-order valence-corrected chi connectivity index (χ4v) is 3.23. The van der Waals surface area contributed by atoms with Crippen molar-refractivity contribution in [2.45, 2.75) is 19.8 Å². The van der Waals surface area contributed by atoms with Gasteiger partial charge in [-0.1, -0.05) is 30.3 Å². The molecular formula is C20H19N3O3. The zero-order chi connectivity index (χ0) is 18.7. The highest BCUT2D eigenvalue weighted by Gasteiger charge is 2.34. The number of aromatic nitrogens is 1. The maximum atomic E-state index is 12.8. The number of carbonyl (C=O) groups is 2. The summed E-state index contributed by atoms with van der Waals surface area (Å²) < 4.78 is 0. The molecule has 0 bridgehead atoms. The number of amides is 1. The van der Waals surface area contributed by atoms with Crippen LogP contribution in [0.1, 0.15) is 28.9 Å². The SMILES string of the molecule is Cc1[nH]c(=O)c(C(=O)C(C#N)C(=O)N2CCCC2)cc1-c1ccccc1. The Morgan fingerprint density at radius 1 is 1.19 bits per heavy atom. The lowest BCUT2D eigenvalue weighted by atomic mass is 9.95. The van der Waals surface area contributed by atoms with Crippen LogP contribution >= 0.6 is 0 Å². The minimum Gasteiger partial charge on any atom is -0.341 e. The van der Waals surface area contributed by atoms with Crippen LogP contribution in [0.5, 0.6) is 0 Å². The third kappa shape index (κ3) is 3.29. The molecule has 1 atom stereocenters. The van der Waals surface area contributed by atoms with Crippen molar-refractivity contribution in [1.29, 1.82) is 5.26 Å². The highest BCUT2D eigenvalue weighted by Crippen LogP contribution is 2.23. The molecule has 0 saturated carbocycles. The van der Waals surface area contributed by atoms with E-state index in [0.29, 0.717) is 24.3 Å². The van der Waals surface area contributed by atoms with Crippen molar-refractivity contribution < 1.29 is 9.59 Å². The summed E-state index contributed by atoms with van der Waals surface area (Å²) in [5.41, 5.74) is 1.42. The number of aryl methyl sites for hydroxylation is 1. The number of nitrogens with zero attached hydrogens (tertiary/aromatic N) is 2. The van der Waals surface area contributed by atoms with E-state index in [9.17, 15) is 19.6 Å². The molecule has 1 aromatic carbocycles. The molecule has 0 spiro atoms. The second-order valence-electron chi connectivity index (χ2n) is 6.38. The Balaban J connectivity index is 2.00. The van der Waals surface area contributed by atoms with Crippen LogP contribution in [0.2, 0.25) is 0 Å². The summed E-state index contributed by atoms with van der Waals surface area (Å²) in [6, 6.07) is 12.6. The van der Waals surface area contributed by atoms with E-state index in [1.54, 1.807) is 13.0 Å². The predicted octanol–water partition coefficient (Wildman–Crippen LogP) is 2.30. The summed E-state index contributed by atoms with van der Waals surface area (Å²) in [6.45, 7) is 2.84. The number of Topliss-reactive ketones (excluding diaryl/α,β-unsaturated/α-hetero) is 1. The highest BCUT2D eigenvalue weighted by atomic mass is 16.2. The molecule has 1 unspecified atom stereocenters. The maximum Gasteiger partial charge on any atom is 0.259 e. The molecular weight excluding hydrogens is 330 g/mol. The zero-order valence-corrected chi connectivity index (χ0v) is 14.5. The lowest BCUT2D eigenvalue weighted by molar-refractivity contribution is -0.131. The molecule has 6 heteroatoms. The van der Waals surface area contributed by atoms with Gasteiger partial charge in [0.05, 0.1) is 11.6 Å². The number of hydrogen-bond donors (Lipinski definition) is 1. The first-order valence-corrected chi connectivity index (χ1v) is 8.55. The van der Waals surface area contributed by atoms with Crippen LogP contribution in [-0.2, 0) is 4.79 Å². The number of aromatic amines is 1. The van der Waals surface area contributed by atoms with Gasteiger partial charge in [-0.05, 0) is 31.4 Å². The van der Waals surface area contributed by atoms with Gasteiger partial charge < -0.3 is 9.88 Å². The van der Waals surface area contributed by atoms with Crippen molar-refractivity contribution in [3.8, 4) is 17.2 Å². The van der Waals surface area contributed by atoms with Gasteiger partial charge in [0.1, 0.15) is 0 Å². The van der Waals surface area contributed by atoms with Crippen LogP contribution in [-0.4, -0.2) is 34.7 Å². The molecule has 1 aromatic heterocycles. The number of carbonyl (C=O) groups excluding carboxylic acids is 2. The number of hydrogen-bond acceptors (Lipinski definition) is 4. The second kappa shape index (κ2) is 7.36. The molecule has 1 amide bonds. The molecule has 132 valence electrons. The lowest BCUT2D eigenvalue weighted by Gasteiger charge is -2.18. The van der Waals surface area contributed by atoms with E-state index in [2.05, 4.69) is 4.98 Å². The van der Waals surface area contributed by atoms with Crippen molar-refractivity contribution in [1.82, 2.24) is 9.88 Å². The predicted molar refractivity (Wildman–Crippen MR) is 96.5 cm³/mol. The Morgan fingerprint density at radius 2 is 1.85 bits per heavy atom. The minimum atomic E-state index is -1.49. The molecule has 2 aromatic rings. The molecule has 1 N–H and O–H groups in total. The number of nitrogens with one attached hydrogen (secondary N) is 1. The number of ketones is 1. The Bertz CT molecular complexity index is 935. The van der Waals surface area contributed by atoms with Gasteiger partial charge in [0.25, 0.3) is 5.56 Å². The summed E-state index contributed by atoms with van der Waals surface area (Å²) in [4.78, 5) is 41.8. The van der Waals surface area contributed by atoms with Crippen LogP contribution in [0.4, 0.5) is 0 Å². The van der Waals surface area contributed by atoms with Gasteiger partial charge in [0, 0.05) is 24.3 Å². The van der Waals surface area contributed by atoms with Crippen molar-refractivity contribution in [2.75, 3.05) is 13.1 Å². The Kier molecular flexibility index (Phi) is 4.99. The van der Waals surface area contributed by atoms with E-state index < -0.39 is 23.2 Å². The molecule has 26 heavy (non-hydrogen) atoms. The number of rotatable bonds is 4. The van der Waals surface area contributed by atoms with Gasteiger partial charge in [-0.15, -0.1) is 0 Å². The van der Waals surface area contributed by atoms with Gasteiger partial charge >= 0.3 is 0 Å². The van der Waals surface area contributed by atoms with E-state index in [1.165, 1.54) is 11.0 Å². The summed E-state index contributed by atoms with van der Waals surface area (Å²) >= 11 is 0. The topological polar surface area (TPSA) is 94.0 Å². The first-order chi connectivity index (χ1) is 12.5. The van der Waals surface area contributed by atoms with E-state index in [4.69, 9.17) is 0 Å². The Morgan fingerprint density at radius 3 is 2.46 bits per heavy atom. The first-order valence-electron chi connectivity index (χ1n) is 8.55. The van der Waals surface area contributed by atoms with Crippen molar-refractivity contribution in [2.24, 2.45) is 5.92 Å².